The van der Waals surface area contributed by atoms with Crippen molar-refractivity contribution in [1.29, 1.82) is 0 Å². The Morgan fingerprint density at radius 3 is 2.39 bits per heavy atom. The Labute approximate surface area is 163 Å². The van der Waals surface area contributed by atoms with Crippen LogP contribution in [0.4, 0.5) is 13.2 Å². The minimum absolute atomic E-state index is 0.0126. The summed E-state index contributed by atoms with van der Waals surface area (Å²) in [6, 6.07) is 6.18. The maximum absolute atomic E-state index is 12.2. The Morgan fingerprint density at radius 2 is 1.79 bits per heavy atom. The molecule has 1 N–H and O–H groups in total. The molecule has 1 aromatic rings. The van der Waals surface area contributed by atoms with Crippen LogP contribution in [0.2, 0.25) is 0 Å². The van der Waals surface area contributed by atoms with Gasteiger partial charge < -0.3 is 14.8 Å². The zero-order valence-electron chi connectivity index (χ0n) is 16.3. The molecule has 0 aromatic heterocycles. The third kappa shape index (κ3) is 10.9. The number of alkyl halides is 3. The molecule has 28 heavy (non-hydrogen) atoms. The van der Waals surface area contributed by atoms with E-state index in [-0.39, 0.29) is 25.2 Å². The summed E-state index contributed by atoms with van der Waals surface area (Å²) in [5.41, 5.74) is 0.482. The quantitative estimate of drug-likeness (QED) is 0.394. The number of benzene rings is 1. The molecule has 1 aromatic carbocycles. The van der Waals surface area contributed by atoms with Gasteiger partial charge in [0.2, 0.25) is 5.91 Å². The summed E-state index contributed by atoms with van der Waals surface area (Å²) in [5, 5.41) is 2.51. The second-order valence-electron chi connectivity index (χ2n) is 6.60. The molecular weight excluding hydrogens is 375 g/mol. The summed E-state index contributed by atoms with van der Waals surface area (Å²) >= 11 is 0. The van der Waals surface area contributed by atoms with Crippen molar-refractivity contribution in [1.82, 2.24) is 5.32 Å². The zero-order valence-corrected chi connectivity index (χ0v) is 16.3. The Balaban J connectivity index is 2.30. The van der Waals surface area contributed by atoms with Crippen LogP contribution in [0, 0.1) is 0 Å². The van der Waals surface area contributed by atoms with Crippen LogP contribution in [0.15, 0.2) is 24.3 Å². The van der Waals surface area contributed by atoms with E-state index in [1.54, 1.807) is 24.3 Å². The van der Waals surface area contributed by atoms with Gasteiger partial charge in [0.15, 0.2) is 5.78 Å². The normalized spacial score (nSPS) is 12.5. The Kier molecular flexibility index (Phi) is 10.6. The first-order chi connectivity index (χ1) is 13.2. The molecule has 8 heteroatoms. The van der Waals surface area contributed by atoms with Crippen LogP contribution in [-0.2, 0) is 9.53 Å². The Bertz CT molecular complexity index is 602. The third-order valence-corrected chi connectivity index (χ3v) is 3.81. The fourth-order valence-electron chi connectivity index (χ4n) is 2.39. The predicted molar refractivity (Wildman–Crippen MR) is 99.5 cm³/mol. The predicted octanol–water partition coefficient (Wildman–Crippen LogP) is 4.30. The highest BCUT2D eigenvalue weighted by Gasteiger charge is 2.27. The number of hydrogen-bond acceptors (Lipinski definition) is 4. The molecule has 0 aliphatic heterocycles. The molecule has 0 aliphatic carbocycles. The van der Waals surface area contributed by atoms with Crippen LogP contribution in [0.3, 0.4) is 0 Å². The number of nitrogens with one attached hydrogen (secondary N) is 1. The molecule has 0 fully saturated rings. The molecule has 0 saturated carbocycles. The van der Waals surface area contributed by atoms with Gasteiger partial charge in [-0.05, 0) is 37.6 Å². The largest absolute Gasteiger partial charge is 0.494 e. The number of ether oxygens (including phenoxy) is 2. The van der Waals surface area contributed by atoms with Gasteiger partial charge >= 0.3 is 6.18 Å². The second-order valence-corrected chi connectivity index (χ2v) is 6.60. The molecule has 0 heterocycles. The van der Waals surface area contributed by atoms with Gasteiger partial charge in [-0.25, -0.2) is 0 Å². The van der Waals surface area contributed by atoms with Gasteiger partial charge in [0.1, 0.15) is 12.4 Å². The number of ketones is 1. The van der Waals surface area contributed by atoms with Gasteiger partial charge in [0.05, 0.1) is 13.2 Å². The third-order valence-electron chi connectivity index (χ3n) is 3.81. The fraction of sp³-hybridized carbons (Fsp3) is 0.600. The lowest BCUT2D eigenvalue weighted by Crippen LogP contribution is -2.37. The lowest BCUT2D eigenvalue weighted by molar-refractivity contribution is -0.175. The number of halogens is 3. The van der Waals surface area contributed by atoms with E-state index in [9.17, 15) is 22.8 Å². The standard InChI is InChI=1S/C20H28F3NO4/c1-3-4-5-12-28-17-8-6-16(7-9-17)18(25)10-11-19(26)24-15(2)13-27-14-20(21,22)23/h6-9,15H,3-5,10-14H2,1-2H3,(H,24,26). The van der Waals surface area contributed by atoms with Crippen molar-refractivity contribution in [2.75, 3.05) is 19.8 Å². The molecule has 1 unspecified atom stereocenters. The van der Waals surface area contributed by atoms with Crippen LogP contribution in [0.5, 0.6) is 5.75 Å². The van der Waals surface area contributed by atoms with E-state index in [1.807, 2.05) is 0 Å². The van der Waals surface area contributed by atoms with Gasteiger partial charge in [-0.15, -0.1) is 0 Å². The summed E-state index contributed by atoms with van der Waals surface area (Å²) < 4.78 is 46.1. The molecule has 0 aliphatic rings. The molecule has 1 atom stereocenters. The van der Waals surface area contributed by atoms with Crippen molar-refractivity contribution >= 4 is 11.7 Å². The fourth-order valence-corrected chi connectivity index (χ4v) is 2.39. The number of carbonyl (C=O) groups is 2. The molecular formula is C20H28F3NO4. The summed E-state index contributed by atoms with van der Waals surface area (Å²) in [7, 11) is 0. The number of Topliss-reactive ketones (excluding diaryl/α,β-unsaturated/α-hetero) is 1. The number of unbranched alkanes of at least 4 members (excludes halogenated alkanes) is 2. The van der Waals surface area contributed by atoms with Gasteiger partial charge in [0, 0.05) is 24.4 Å². The highest BCUT2D eigenvalue weighted by Crippen LogP contribution is 2.15. The highest BCUT2D eigenvalue weighted by molar-refractivity contribution is 5.98. The van der Waals surface area contributed by atoms with Gasteiger partial charge in [0.25, 0.3) is 0 Å². The molecule has 0 radical (unpaired) electrons. The molecule has 158 valence electrons. The SMILES string of the molecule is CCCCCOc1ccc(C(=O)CCC(=O)NC(C)COCC(F)(F)F)cc1. The van der Waals surface area contributed by atoms with Gasteiger partial charge in [-0.3, -0.25) is 9.59 Å². The summed E-state index contributed by atoms with van der Waals surface area (Å²) in [4.78, 5) is 24.0. The first-order valence-corrected chi connectivity index (χ1v) is 9.41. The lowest BCUT2D eigenvalue weighted by atomic mass is 10.1. The number of carbonyl (C=O) groups excluding carboxylic acids is 2. The average Bonchev–Trinajstić information content (AvgIpc) is 2.62. The second kappa shape index (κ2) is 12.4. The highest BCUT2D eigenvalue weighted by atomic mass is 19.4. The van der Waals surface area contributed by atoms with Crippen molar-refractivity contribution in [3.63, 3.8) is 0 Å². The first-order valence-electron chi connectivity index (χ1n) is 9.41. The van der Waals surface area contributed by atoms with E-state index in [2.05, 4.69) is 17.0 Å². The van der Waals surface area contributed by atoms with Crippen molar-refractivity contribution in [2.45, 2.75) is 58.2 Å². The summed E-state index contributed by atoms with van der Waals surface area (Å²) in [6.07, 6.45) is -1.23. The number of amides is 1. The number of hydrogen-bond donors (Lipinski definition) is 1. The minimum Gasteiger partial charge on any atom is -0.494 e. The van der Waals surface area contributed by atoms with Gasteiger partial charge in [-0.1, -0.05) is 19.8 Å². The van der Waals surface area contributed by atoms with Crippen LogP contribution >= 0.6 is 0 Å². The van der Waals surface area contributed by atoms with Crippen molar-refractivity contribution in [3.05, 3.63) is 29.8 Å². The van der Waals surface area contributed by atoms with Crippen molar-refractivity contribution in [2.24, 2.45) is 0 Å². The van der Waals surface area contributed by atoms with E-state index in [0.717, 1.165) is 19.3 Å². The topological polar surface area (TPSA) is 64.6 Å². The van der Waals surface area contributed by atoms with Crippen LogP contribution in [0.25, 0.3) is 0 Å². The smallest absolute Gasteiger partial charge is 0.411 e. The maximum atomic E-state index is 12.2. The Hall–Kier alpha value is -2.09. The average molecular weight is 403 g/mol. The van der Waals surface area contributed by atoms with Gasteiger partial charge in [-0.2, -0.15) is 13.2 Å². The van der Waals surface area contributed by atoms with E-state index in [0.29, 0.717) is 17.9 Å². The molecule has 1 rings (SSSR count). The van der Waals surface area contributed by atoms with Crippen LogP contribution < -0.4 is 10.1 Å². The molecule has 0 spiro atoms. The monoisotopic (exact) mass is 403 g/mol. The van der Waals surface area contributed by atoms with Crippen molar-refractivity contribution in [3.8, 4) is 5.75 Å². The van der Waals surface area contributed by atoms with E-state index >= 15 is 0 Å². The van der Waals surface area contributed by atoms with E-state index < -0.39 is 24.7 Å². The first kappa shape index (κ1) is 23.9. The zero-order chi connectivity index (χ0) is 21.0. The minimum atomic E-state index is -4.40. The van der Waals surface area contributed by atoms with E-state index in [4.69, 9.17) is 4.74 Å². The molecule has 5 nitrogen and oxygen atoms in total. The van der Waals surface area contributed by atoms with E-state index in [1.165, 1.54) is 6.92 Å². The summed E-state index contributed by atoms with van der Waals surface area (Å²) in [5.74, 6) is 0.0964. The Morgan fingerprint density at radius 1 is 1.11 bits per heavy atom. The van der Waals surface area contributed by atoms with Crippen molar-refractivity contribution < 1.29 is 32.2 Å². The molecule has 0 saturated heterocycles. The van der Waals surface area contributed by atoms with Crippen LogP contribution in [0.1, 0.15) is 56.3 Å². The van der Waals surface area contributed by atoms with Crippen LogP contribution in [-0.4, -0.2) is 43.7 Å². The lowest BCUT2D eigenvalue weighted by Gasteiger charge is -2.15. The number of rotatable bonds is 13. The maximum Gasteiger partial charge on any atom is 0.411 e. The summed E-state index contributed by atoms with van der Waals surface area (Å²) in [6.45, 7) is 2.67. The molecule has 0 bridgehead atoms. The molecule has 1 amide bonds.